The average Bonchev–Trinajstić information content (AvgIpc) is 2.44. The summed E-state index contributed by atoms with van der Waals surface area (Å²) in [5, 5.41) is 0. The number of carbonyl (C=O) groups is 2. The van der Waals surface area contributed by atoms with E-state index in [4.69, 9.17) is 0 Å². The van der Waals surface area contributed by atoms with E-state index in [1.807, 2.05) is 20.8 Å². The molecule has 1 heterocycles. The van der Waals surface area contributed by atoms with Crippen molar-refractivity contribution in [1.29, 1.82) is 0 Å². The lowest BCUT2D eigenvalue weighted by atomic mass is 10.0. The molecule has 23 heavy (non-hydrogen) atoms. The molecule has 0 unspecified atom stereocenters. The van der Waals surface area contributed by atoms with Gasteiger partial charge in [-0.05, 0) is 45.0 Å². The number of nitrogens with zero attached hydrogens (tertiary/aromatic N) is 2. The van der Waals surface area contributed by atoms with Crippen molar-refractivity contribution in [3.05, 3.63) is 35.4 Å². The maximum atomic E-state index is 12.5. The van der Waals surface area contributed by atoms with Crippen molar-refractivity contribution in [2.45, 2.75) is 32.5 Å². The summed E-state index contributed by atoms with van der Waals surface area (Å²) < 4.78 is 37.6. The Hall–Kier alpha value is -2.05. The van der Waals surface area contributed by atoms with Gasteiger partial charge in [-0.1, -0.05) is 0 Å². The molecule has 1 fully saturated rings. The van der Waals surface area contributed by atoms with Crippen LogP contribution in [0.3, 0.4) is 0 Å². The number of halogens is 3. The number of carbonyl (C=O) groups excluding carboxylic acids is 2. The van der Waals surface area contributed by atoms with Crippen molar-refractivity contribution in [2.75, 3.05) is 19.6 Å². The third kappa shape index (κ3) is 3.83. The van der Waals surface area contributed by atoms with Crippen LogP contribution in [-0.4, -0.2) is 46.8 Å². The minimum Gasteiger partial charge on any atom is -0.335 e. The molecule has 1 aliphatic heterocycles. The highest BCUT2D eigenvalue weighted by molar-refractivity contribution is 5.97. The molecule has 0 spiro atoms. The zero-order chi connectivity index (χ0) is 17.4. The standard InChI is InChI=1S/C16H19F3N2O2/c1-15(2,3)21-9-8-20(10-13(21)22)14(23)11-4-6-12(7-5-11)16(17,18)19/h4-7H,8-10H2,1-3H3. The molecule has 0 N–H and O–H groups in total. The minimum absolute atomic E-state index is 0.0584. The molecule has 1 aromatic rings. The highest BCUT2D eigenvalue weighted by Crippen LogP contribution is 2.29. The second-order valence-corrected chi connectivity index (χ2v) is 6.52. The summed E-state index contributed by atoms with van der Waals surface area (Å²) in [5.74, 6) is -0.593. The van der Waals surface area contributed by atoms with Crippen LogP contribution in [0.15, 0.2) is 24.3 Å². The first-order valence-corrected chi connectivity index (χ1v) is 7.27. The molecular weight excluding hydrogens is 309 g/mol. The van der Waals surface area contributed by atoms with E-state index in [1.165, 1.54) is 4.90 Å². The molecule has 4 nitrogen and oxygen atoms in total. The number of piperazine rings is 1. The van der Waals surface area contributed by atoms with Gasteiger partial charge < -0.3 is 9.80 Å². The van der Waals surface area contributed by atoms with Crippen LogP contribution in [0.2, 0.25) is 0 Å². The van der Waals surface area contributed by atoms with Crippen LogP contribution in [-0.2, 0) is 11.0 Å². The monoisotopic (exact) mass is 328 g/mol. The van der Waals surface area contributed by atoms with Crippen LogP contribution in [0.25, 0.3) is 0 Å². The fourth-order valence-electron chi connectivity index (χ4n) is 2.54. The lowest BCUT2D eigenvalue weighted by Crippen LogP contribution is -2.58. The Bertz CT molecular complexity index is 603. The summed E-state index contributed by atoms with van der Waals surface area (Å²) in [4.78, 5) is 27.6. The van der Waals surface area contributed by atoms with Gasteiger partial charge in [0, 0.05) is 24.2 Å². The highest BCUT2D eigenvalue weighted by atomic mass is 19.4. The lowest BCUT2D eigenvalue weighted by molar-refractivity contribution is -0.140. The van der Waals surface area contributed by atoms with E-state index in [9.17, 15) is 22.8 Å². The first-order chi connectivity index (χ1) is 10.5. The topological polar surface area (TPSA) is 40.6 Å². The number of rotatable bonds is 1. The number of hydrogen-bond donors (Lipinski definition) is 0. The molecule has 0 atom stereocenters. The molecule has 0 aromatic heterocycles. The second kappa shape index (κ2) is 5.86. The van der Waals surface area contributed by atoms with Crippen LogP contribution in [0.4, 0.5) is 13.2 Å². The van der Waals surface area contributed by atoms with Crippen molar-refractivity contribution in [2.24, 2.45) is 0 Å². The van der Waals surface area contributed by atoms with Gasteiger partial charge in [-0.15, -0.1) is 0 Å². The Kier molecular flexibility index (Phi) is 4.41. The predicted molar refractivity (Wildman–Crippen MR) is 78.8 cm³/mol. The third-order valence-corrected chi connectivity index (χ3v) is 3.78. The molecule has 1 saturated heterocycles. The van der Waals surface area contributed by atoms with Crippen LogP contribution in [0.1, 0.15) is 36.7 Å². The second-order valence-electron chi connectivity index (χ2n) is 6.52. The average molecular weight is 328 g/mol. The van der Waals surface area contributed by atoms with E-state index in [0.29, 0.717) is 13.1 Å². The zero-order valence-electron chi connectivity index (χ0n) is 13.3. The lowest BCUT2D eigenvalue weighted by Gasteiger charge is -2.42. The first-order valence-electron chi connectivity index (χ1n) is 7.27. The Morgan fingerprint density at radius 2 is 1.61 bits per heavy atom. The largest absolute Gasteiger partial charge is 0.416 e. The van der Waals surface area contributed by atoms with E-state index < -0.39 is 17.6 Å². The van der Waals surface area contributed by atoms with Crippen molar-refractivity contribution < 1.29 is 22.8 Å². The molecule has 0 radical (unpaired) electrons. The Morgan fingerprint density at radius 3 is 2.04 bits per heavy atom. The van der Waals surface area contributed by atoms with Crippen molar-refractivity contribution in [3.8, 4) is 0 Å². The quantitative estimate of drug-likeness (QED) is 0.795. The fourth-order valence-corrected chi connectivity index (χ4v) is 2.54. The zero-order valence-corrected chi connectivity index (χ0v) is 13.3. The summed E-state index contributed by atoms with van der Waals surface area (Å²) >= 11 is 0. The summed E-state index contributed by atoms with van der Waals surface area (Å²) in [5.41, 5.74) is -0.974. The fraction of sp³-hybridized carbons (Fsp3) is 0.500. The third-order valence-electron chi connectivity index (χ3n) is 3.78. The number of alkyl halides is 3. The van der Waals surface area contributed by atoms with Crippen molar-refractivity contribution in [3.63, 3.8) is 0 Å². The highest BCUT2D eigenvalue weighted by Gasteiger charge is 2.34. The SMILES string of the molecule is CC(C)(C)N1CCN(C(=O)c2ccc(C(F)(F)F)cc2)CC1=O. The van der Waals surface area contributed by atoms with E-state index >= 15 is 0 Å². The van der Waals surface area contributed by atoms with Gasteiger partial charge in [0.15, 0.2) is 0 Å². The Labute approximate surface area is 132 Å². The summed E-state index contributed by atoms with van der Waals surface area (Å²) in [6.07, 6.45) is -4.43. The van der Waals surface area contributed by atoms with Gasteiger partial charge in [0.1, 0.15) is 6.54 Å². The minimum atomic E-state index is -4.43. The van der Waals surface area contributed by atoms with Crippen molar-refractivity contribution >= 4 is 11.8 Å². The van der Waals surface area contributed by atoms with Crippen LogP contribution in [0, 0.1) is 0 Å². The van der Waals surface area contributed by atoms with E-state index in [1.54, 1.807) is 4.90 Å². The smallest absolute Gasteiger partial charge is 0.335 e. The van der Waals surface area contributed by atoms with Crippen LogP contribution in [0.5, 0.6) is 0 Å². The van der Waals surface area contributed by atoms with E-state index in [0.717, 1.165) is 24.3 Å². The first kappa shape index (κ1) is 17.3. The molecule has 1 aromatic carbocycles. The number of hydrogen-bond acceptors (Lipinski definition) is 2. The maximum Gasteiger partial charge on any atom is 0.416 e. The van der Waals surface area contributed by atoms with Gasteiger partial charge in [0.05, 0.1) is 5.56 Å². The summed E-state index contributed by atoms with van der Waals surface area (Å²) in [6, 6.07) is 4.04. The van der Waals surface area contributed by atoms with Gasteiger partial charge in [-0.2, -0.15) is 13.2 Å². The molecule has 0 saturated carbocycles. The number of amides is 2. The normalized spacial score (nSPS) is 16.7. The van der Waals surface area contributed by atoms with E-state index in [-0.39, 0.29) is 23.6 Å². The summed E-state index contributed by atoms with van der Waals surface area (Å²) in [6.45, 7) is 6.46. The van der Waals surface area contributed by atoms with Gasteiger partial charge in [-0.25, -0.2) is 0 Å². The molecule has 0 aliphatic carbocycles. The van der Waals surface area contributed by atoms with Gasteiger partial charge >= 0.3 is 6.18 Å². The number of benzene rings is 1. The molecule has 7 heteroatoms. The molecule has 2 amide bonds. The van der Waals surface area contributed by atoms with Crippen molar-refractivity contribution in [1.82, 2.24) is 9.80 Å². The Balaban J connectivity index is 2.09. The van der Waals surface area contributed by atoms with Gasteiger partial charge in [0.2, 0.25) is 5.91 Å². The molecule has 2 rings (SSSR count). The molecule has 126 valence electrons. The molecular formula is C16H19F3N2O2. The molecule has 0 bridgehead atoms. The Morgan fingerprint density at radius 1 is 1.04 bits per heavy atom. The van der Waals surface area contributed by atoms with Gasteiger partial charge in [0.25, 0.3) is 5.91 Å². The summed E-state index contributed by atoms with van der Waals surface area (Å²) in [7, 11) is 0. The predicted octanol–water partition coefficient (Wildman–Crippen LogP) is 2.79. The van der Waals surface area contributed by atoms with Crippen LogP contribution < -0.4 is 0 Å². The van der Waals surface area contributed by atoms with E-state index in [2.05, 4.69) is 0 Å². The van der Waals surface area contributed by atoms with Gasteiger partial charge in [-0.3, -0.25) is 9.59 Å². The molecule has 1 aliphatic rings. The van der Waals surface area contributed by atoms with Crippen LogP contribution >= 0.6 is 0 Å². The maximum absolute atomic E-state index is 12.5.